The SMILES string of the molecule is OC1(SOOc2ccccc2)CCCCC1.OC1(c2ccccc2)CCCCC1.c1ccc(C2CCCCC2)cc1. The van der Waals surface area contributed by atoms with E-state index in [9.17, 15) is 10.2 Å². The van der Waals surface area contributed by atoms with Crippen molar-refractivity contribution in [2.45, 2.75) is 113 Å². The predicted molar refractivity (Wildman–Crippen MR) is 169 cm³/mol. The highest BCUT2D eigenvalue weighted by molar-refractivity contribution is 7.95. The first-order valence-electron chi connectivity index (χ1n) is 15.7. The van der Waals surface area contributed by atoms with Crippen LogP contribution in [0.25, 0.3) is 0 Å². The zero-order valence-corrected chi connectivity index (χ0v) is 25.3. The molecule has 3 saturated carbocycles. The van der Waals surface area contributed by atoms with E-state index < -0.39 is 10.5 Å². The highest BCUT2D eigenvalue weighted by Gasteiger charge is 2.32. The Hall–Kier alpha value is -2.31. The summed E-state index contributed by atoms with van der Waals surface area (Å²) in [5.74, 6) is 1.51. The summed E-state index contributed by atoms with van der Waals surface area (Å²) in [6, 6.07) is 30.3. The summed E-state index contributed by atoms with van der Waals surface area (Å²) in [5, 5.41) is 20.4. The summed E-state index contributed by atoms with van der Waals surface area (Å²) < 4.78 is 5.03. The molecule has 0 spiro atoms. The second-order valence-corrected chi connectivity index (χ2v) is 12.8. The lowest BCUT2D eigenvalue weighted by Gasteiger charge is -2.32. The van der Waals surface area contributed by atoms with Crippen molar-refractivity contribution in [2.24, 2.45) is 0 Å². The largest absolute Gasteiger partial charge is 0.385 e. The molecule has 5 heteroatoms. The van der Waals surface area contributed by atoms with Gasteiger partial charge in [-0.15, -0.1) is 4.33 Å². The lowest BCUT2D eigenvalue weighted by atomic mass is 9.80. The second kappa shape index (κ2) is 17.0. The molecule has 0 radical (unpaired) electrons. The van der Waals surface area contributed by atoms with Gasteiger partial charge in [0.1, 0.15) is 4.93 Å². The maximum Gasteiger partial charge on any atom is 0.166 e. The van der Waals surface area contributed by atoms with Crippen molar-refractivity contribution in [2.75, 3.05) is 0 Å². The minimum Gasteiger partial charge on any atom is -0.385 e. The quantitative estimate of drug-likeness (QED) is 0.132. The van der Waals surface area contributed by atoms with Gasteiger partial charge in [-0.25, -0.2) is 0 Å². The molecule has 3 aromatic carbocycles. The number of para-hydroxylation sites is 1. The third-order valence-corrected chi connectivity index (χ3v) is 9.42. The van der Waals surface area contributed by atoms with Crippen molar-refractivity contribution in [1.29, 1.82) is 0 Å². The maximum atomic E-state index is 10.3. The molecule has 3 aliphatic rings. The normalized spacial score (nSPS) is 20.0. The highest BCUT2D eigenvalue weighted by atomic mass is 32.2. The molecule has 41 heavy (non-hydrogen) atoms. The third kappa shape index (κ3) is 10.8. The van der Waals surface area contributed by atoms with Crippen LogP contribution in [0.5, 0.6) is 5.75 Å². The Morgan fingerprint density at radius 1 is 0.561 bits per heavy atom. The van der Waals surface area contributed by atoms with Gasteiger partial charge < -0.3 is 15.1 Å². The molecule has 2 N–H and O–H groups in total. The summed E-state index contributed by atoms with van der Waals surface area (Å²) in [6.45, 7) is 0. The minimum absolute atomic E-state index is 0.528. The van der Waals surface area contributed by atoms with Gasteiger partial charge in [0, 0.05) is 0 Å². The summed E-state index contributed by atoms with van der Waals surface area (Å²) in [7, 11) is 0. The van der Waals surface area contributed by atoms with Gasteiger partial charge in [0.15, 0.2) is 5.75 Å². The molecule has 6 rings (SSSR count). The Labute approximate surface area is 251 Å². The molecule has 0 bridgehead atoms. The summed E-state index contributed by atoms with van der Waals surface area (Å²) in [6.07, 6.45) is 17.4. The van der Waals surface area contributed by atoms with E-state index in [1.165, 1.54) is 44.9 Å². The molecule has 4 nitrogen and oxygen atoms in total. The molecule has 0 atom stereocenters. The molecule has 0 saturated heterocycles. The predicted octanol–water partition coefficient (Wildman–Crippen LogP) is 9.87. The fourth-order valence-electron chi connectivity index (χ4n) is 6.12. The fraction of sp³-hybridized carbons (Fsp3) is 0.500. The van der Waals surface area contributed by atoms with Gasteiger partial charge in [-0.1, -0.05) is 124 Å². The van der Waals surface area contributed by atoms with Crippen LogP contribution in [0.3, 0.4) is 0 Å². The van der Waals surface area contributed by atoms with E-state index >= 15 is 0 Å². The first-order valence-corrected chi connectivity index (χ1v) is 16.4. The highest BCUT2D eigenvalue weighted by Crippen LogP contribution is 2.38. The van der Waals surface area contributed by atoms with E-state index in [0.717, 1.165) is 74.9 Å². The van der Waals surface area contributed by atoms with Crippen molar-refractivity contribution < 1.29 is 19.4 Å². The molecule has 0 heterocycles. The minimum atomic E-state index is -0.771. The first kappa shape index (κ1) is 31.6. The van der Waals surface area contributed by atoms with Crippen LogP contribution in [0, 0.1) is 0 Å². The van der Waals surface area contributed by atoms with E-state index in [0.29, 0.717) is 5.75 Å². The molecule has 3 aromatic rings. The maximum absolute atomic E-state index is 10.3. The van der Waals surface area contributed by atoms with Crippen molar-refractivity contribution in [3.63, 3.8) is 0 Å². The first-order chi connectivity index (χ1) is 20.1. The van der Waals surface area contributed by atoms with Crippen molar-refractivity contribution >= 4 is 12.0 Å². The fourth-order valence-corrected chi connectivity index (χ4v) is 6.81. The van der Waals surface area contributed by atoms with Crippen molar-refractivity contribution in [3.8, 4) is 5.75 Å². The molecule has 222 valence electrons. The zero-order chi connectivity index (χ0) is 28.6. The average molecular weight is 577 g/mol. The second-order valence-electron chi connectivity index (χ2n) is 11.8. The van der Waals surface area contributed by atoms with E-state index in [2.05, 4.69) is 30.3 Å². The Kier molecular flexibility index (Phi) is 13.1. The zero-order valence-electron chi connectivity index (χ0n) is 24.5. The van der Waals surface area contributed by atoms with E-state index in [1.54, 1.807) is 5.56 Å². The van der Waals surface area contributed by atoms with Gasteiger partial charge in [0.2, 0.25) is 0 Å². The Bertz CT molecular complexity index is 1070. The monoisotopic (exact) mass is 576 g/mol. The van der Waals surface area contributed by atoms with Crippen LogP contribution in [0.4, 0.5) is 0 Å². The van der Waals surface area contributed by atoms with Crippen LogP contribution in [-0.2, 0) is 9.93 Å². The lowest BCUT2D eigenvalue weighted by molar-refractivity contribution is -0.0869. The molecule has 0 aromatic heterocycles. The number of rotatable bonds is 6. The molecule has 0 amide bonds. The van der Waals surface area contributed by atoms with Gasteiger partial charge >= 0.3 is 0 Å². The van der Waals surface area contributed by atoms with Crippen LogP contribution >= 0.6 is 12.0 Å². The van der Waals surface area contributed by atoms with Crippen LogP contribution in [0.2, 0.25) is 0 Å². The van der Waals surface area contributed by atoms with Crippen molar-refractivity contribution in [1.82, 2.24) is 0 Å². The molecule has 3 aliphatic carbocycles. The molecule has 0 unspecified atom stereocenters. The van der Waals surface area contributed by atoms with E-state index in [1.807, 2.05) is 60.7 Å². The van der Waals surface area contributed by atoms with Crippen LogP contribution in [0.1, 0.15) is 113 Å². The number of benzene rings is 3. The average Bonchev–Trinajstić information content (AvgIpc) is 3.04. The summed E-state index contributed by atoms with van der Waals surface area (Å²) >= 11 is 1.03. The smallest absolute Gasteiger partial charge is 0.166 e. The Morgan fingerprint density at radius 2 is 1.05 bits per heavy atom. The van der Waals surface area contributed by atoms with Gasteiger partial charge in [-0.2, -0.15) is 0 Å². The lowest BCUT2D eigenvalue weighted by Crippen LogP contribution is -2.28. The van der Waals surface area contributed by atoms with Gasteiger partial charge in [0.05, 0.1) is 17.6 Å². The van der Waals surface area contributed by atoms with E-state index in [4.69, 9.17) is 9.22 Å². The molecular formula is C36H48O4S. The topological polar surface area (TPSA) is 58.9 Å². The number of hydrogen-bond acceptors (Lipinski definition) is 5. The Morgan fingerprint density at radius 3 is 1.63 bits per heavy atom. The molecule has 3 fully saturated rings. The number of aliphatic hydroxyl groups is 2. The van der Waals surface area contributed by atoms with Crippen LogP contribution in [-0.4, -0.2) is 15.1 Å². The standard InChI is InChI=1S/C12H16O3S.C12H16O.C12H16/c13-12(9-5-2-6-10-12)16-15-14-11-7-3-1-4-8-11;13-12(9-5-2-6-10-12)11-7-3-1-4-8-11;1-3-7-11(8-4-1)12-9-5-2-6-10-12/h1,3-4,7-8,13H,2,5-6,9-10H2;1,3-4,7-8,13H,2,5-6,9-10H2;1,3-4,7-8,12H,2,5-6,9-10H2. The molecule has 0 aliphatic heterocycles. The van der Waals surface area contributed by atoms with Crippen molar-refractivity contribution in [3.05, 3.63) is 102 Å². The van der Waals surface area contributed by atoms with Gasteiger partial charge in [0.25, 0.3) is 0 Å². The van der Waals surface area contributed by atoms with Crippen LogP contribution < -0.4 is 4.89 Å². The number of hydrogen-bond donors (Lipinski definition) is 2. The Balaban J connectivity index is 0.000000143. The van der Waals surface area contributed by atoms with Crippen LogP contribution in [0.15, 0.2) is 91.0 Å². The van der Waals surface area contributed by atoms with Gasteiger partial charge in [-0.3, -0.25) is 0 Å². The third-order valence-electron chi connectivity index (χ3n) is 8.57. The summed E-state index contributed by atoms with van der Waals surface area (Å²) in [4.78, 5) is 4.31. The van der Waals surface area contributed by atoms with Gasteiger partial charge in [-0.05, 0) is 80.5 Å². The molecular weight excluding hydrogens is 528 g/mol. The summed E-state index contributed by atoms with van der Waals surface area (Å²) in [5.41, 5.74) is 2.12. The van der Waals surface area contributed by atoms with E-state index in [-0.39, 0.29) is 0 Å².